The number of rotatable bonds is 3. The van der Waals surface area contributed by atoms with Gasteiger partial charge < -0.3 is 4.79 Å². The van der Waals surface area contributed by atoms with E-state index >= 15 is 0 Å². The van der Waals surface area contributed by atoms with Gasteiger partial charge in [0.1, 0.15) is 6.29 Å². The van der Waals surface area contributed by atoms with E-state index in [-0.39, 0.29) is 5.56 Å². The highest BCUT2D eigenvalue weighted by Crippen LogP contribution is 2.36. The van der Waals surface area contributed by atoms with Gasteiger partial charge in [0.25, 0.3) is 0 Å². The molecule has 0 aliphatic heterocycles. The molecule has 0 spiro atoms. The summed E-state index contributed by atoms with van der Waals surface area (Å²) in [4.78, 5) is 10.1. The number of hydrogen-bond donors (Lipinski definition) is 0. The molecule has 0 aromatic heterocycles. The third kappa shape index (κ3) is 2.58. The van der Waals surface area contributed by atoms with Gasteiger partial charge in [0.2, 0.25) is 0 Å². The molecule has 0 fully saturated rings. The quantitative estimate of drug-likeness (QED) is 0.689. The summed E-state index contributed by atoms with van der Waals surface area (Å²) < 4.78 is 37.3. The second-order valence-corrected chi connectivity index (χ2v) is 2.91. The molecular weight excluding hydrogens is 193 g/mol. The fourth-order valence-electron chi connectivity index (χ4n) is 1.24. The van der Waals surface area contributed by atoms with Crippen LogP contribution < -0.4 is 0 Å². The summed E-state index contributed by atoms with van der Waals surface area (Å²) in [6.45, 7) is 0. The summed E-state index contributed by atoms with van der Waals surface area (Å²) in [5.41, 5.74) is 0.132. The van der Waals surface area contributed by atoms with Gasteiger partial charge in [-0.25, -0.2) is 0 Å². The first kappa shape index (κ1) is 10.8. The van der Waals surface area contributed by atoms with E-state index in [1.165, 1.54) is 24.3 Å². The van der Waals surface area contributed by atoms with E-state index in [4.69, 9.17) is 0 Å². The van der Waals surface area contributed by atoms with Crippen molar-refractivity contribution in [3.8, 4) is 0 Å². The van der Waals surface area contributed by atoms with Crippen LogP contribution in [0.15, 0.2) is 30.3 Å². The lowest BCUT2D eigenvalue weighted by atomic mass is 9.96. The van der Waals surface area contributed by atoms with Crippen LogP contribution in [0.1, 0.15) is 17.9 Å². The lowest BCUT2D eigenvalue weighted by molar-refractivity contribution is -0.154. The Balaban J connectivity index is 2.95. The molecule has 0 amide bonds. The molecule has 0 aliphatic rings. The highest BCUT2D eigenvalue weighted by atomic mass is 19.4. The number of hydrogen-bond acceptors (Lipinski definition) is 1. The Morgan fingerprint density at radius 1 is 1.21 bits per heavy atom. The first-order valence-electron chi connectivity index (χ1n) is 4.11. The van der Waals surface area contributed by atoms with E-state index in [1.54, 1.807) is 6.07 Å². The Kier molecular flexibility index (Phi) is 3.28. The fourth-order valence-corrected chi connectivity index (χ4v) is 1.24. The Morgan fingerprint density at radius 2 is 1.79 bits per heavy atom. The van der Waals surface area contributed by atoms with Gasteiger partial charge in [-0.05, 0) is 5.56 Å². The highest BCUT2D eigenvalue weighted by Gasteiger charge is 2.39. The van der Waals surface area contributed by atoms with Gasteiger partial charge in [-0.15, -0.1) is 0 Å². The maximum atomic E-state index is 12.4. The summed E-state index contributed by atoms with van der Waals surface area (Å²) in [6, 6.07) is 7.44. The molecule has 0 aliphatic carbocycles. The normalized spacial score (nSPS) is 13.6. The van der Waals surface area contributed by atoms with Crippen molar-refractivity contribution in [1.82, 2.24) is 0 Å². The van der Waals surface area contributed by atoms with Gasteiger partial charge >= 0.3 is 6.18 Å². The van der Waals surface area contributed by atoms with Crippen LogP contribution >= 0.6 is 0 Å². The van der Waals surface area contributed by atoms with Crippen molar-refractivity contribution >= 4 is 6.29 Å². The third-order valence-corrected chi connectivity index (χ3v) is 1.93. The topological polar surface area (TPSA) is 17.1 Å². The minimum atomic E-state index is -4.36. The molecule has 0 heterocycles. The Morgan fingerprint density at radius 3 is 2.21 bits per heavy atom. The number of carbonyl (C=O) groups is 1. The molecule has 0 saturated heterocycles. The Bertz CT molecular complexity index is 292. The van der Waals surface area contributed by atoms with Crippen molar-refractivity contribution in [2.45, 2.75) is 18.5 Å². The predicted molar refractivity (Wildman–Crippen MR) is 45.9 cm³/mol. The van der Waals surface area contributed by atoms with E-state index in [1.807, 2.05) is 0 Å². The predicted octanol–water partition coefficient (Wildman–Crippen LogP) is 2.92. The molecule has 14 heavy (non-hydrogen) atoms. The Labute approximate surface area is 79.5 Å². The van der Waals surface area contributed by atoms with Crippen molar-refractivity contribution in [2.75, 3.05) is 0 Å². The van der Waals surface area contributed by atoms with Gasteiger partial charge in [0.05, 0.1) is 5.92 Å². The van der Waals surface area contributed by atoms with Crippen LogP contribution in [-0.2, 0) is 4.79 Å². The lowest BCUT2D eigenvalue weighted by Crippen LogP contribution is -2.21. The van der Waals surface area contributed by atoms with Crippen molar-refractivity contribution in [3.63, 3.8) is 0 Å². The average Bonchev–Trinajstić information content (AvgIpc) is 2.14. The van der Waals surface area contributed by atoms with Crippen molar-refractivity contribution < 1.29 is 18.0 Å². The summed E-state index contributed by atoms with van der Waals surface area (Å²) in [5.74, 6) is -1.68. The van der Waals surface area contributed by atoms with E-state index in [0.717, 1.165) is 0 Å². The van der Waals surface area contributed by atoms with Gasteiger partial charge in [-0.3, -0.25) is 0 Å². The number of halogens is 3. The van der Waals surface area contributed by atoms with Crippen LogP contribution in [0.4, 0.5) is 13.2 Å². The van der Waals surface area contributed by atoms with Crippen LogP contribution in [0.2, 0.25) is 0 Å². The van der Waals surface area contributed by atoms with Crippen molar-refractivity contribution in [3.05, 3.63) is 35.9 Å². The Hall–Kier alpha value is -1.32. The summed E-state index contributed by atoms with van der Waals surface area (Å²) in [5, 5.41) is 0. The SMILES string of the molecule is O=CCC(c1ccccc1)C(F)(F)F. The molecule has 76 valence electrons. The minimum Gasteiger partial charge on any atom is -0.303 e. The number of alkyl halides is 3. The highest BCUT2D eigenvalue weighted by molar-refractivity contribution is 5.52. The molecule has 1 aromatic rings. The van der Waals surface area contributed by atoms with Crippen LogP contribution in [0.25, 0.3) is 0 Å². The molecular formula is C10H9F3O. The monoisotopic (exact) mass is 202 g/mol. The maximum absolute atomic E-state index is 12.4. The number of carbonyl (C=O) groups excluding carboxylic acids is 1. The summed E-state index contributed by atoms with van der Waals surface area (Å²) in [6.07, 6.45) is -4.58. The molecule has 4 heteroatoms. The fraction of sp³-hybridized carbons (Fsp3) is 0.300. The first-order chi connectivity index (χ1) is 6.55. The first-order valence-corrected chi connectivity index (χ1v) is 4.11. The molecule has 1 atom stereocenters. The van der Waals surface area contributed by atoms with Crippen LogP contribution in [0, 0.1) is 0 Å². The number of aldehydes is 1. The standard InChI is InChI=1S/C10H9F3O/c11-10(12,13)9(6-7-14)8-4-2-1-3-5-8/h1-5,7,9H,6H2. The zero-order valence-electron chi connectivity index (χ0n) is 7.29. The average molecular weight is 202 g/mol. The molecule has 1 nitrogen and oxygen atoms in total. The van der Waals surface area contributed by atoms with Crippen LogP contribution in [0.3, 0.4) is 0 Å². The van der Waals surface area contributed by atoms with E-state index in [2.05, 4.69) is 0 Å². The van der Waals surface area contributed by atoms with Crippen molar-refractivity contribution in [1.29, 1.82) is 0 Å². The molecule has 1 rings (SSSR count). The van der Waals surface area contributed by atoms with Crippen LogP contribution in [-0.4, -0.2) is 12.5 Å². The lowest BCUT2D eigenvalue weighted by Gasteiger charge is -2.17. The second kappa shape index (κ2) is 4.26. The molecule has 0 saturated carbocycles. The zero-order chi connectivity index (χ0) is 10.6. The van der Waals surface area contributed by atoms with E-state index in [9.17, 15) is 18.0 Å². The van der Waals surface area contributed by atoms with Gasteiger partial charge in [-0.1, -0.05) is 30.3 Å². The molecule has 0 bridgehead atoms. The van der Waals surface area contributed by atoms with Crippen LogP contribution in [0.5, 0.6) is 0 Å². The molecule has 0 radical (unpaired) electrons. The summed E-state index contributed by atoms with van der Waals surface area (Å²) >= 11 is 0. The largest absolute Gasteiger partial charge is 0.396 e. The third-order valence-electron chi connectivity index (χ3n) is 1.93. The zero-order valence-corrected chi connectivity index (χ0v) is 7.29. The molecule has 1 unspecified atom stereocenters. The summed E-state index contributed by atoms with van der Waals surface area (Å²) in [7, 11) is 0. The maximum Gasteiger partial charge on any atom is 0.396 e. The van der Waals surface area contributed by atoms with Gasteiger partial charge in [0, 0.05) is 6.42 Å². The molecule has 0 N–H and O–H groups in total. The van der Waals surface area contributed by atoms with Gasteiger partial charge in [0.15, 0.2) is 0 Å². The van der Waals surface area contributed by atoms with E-state index in [0.29, 0.717) is 6.29 Å². The van der Waals surface area contributed by atoms with Gasteiger partial charge in [-0.2, -0.15) is 13.2 Å². The smallest absolute Gasteiger partial charge is 0.303 e. The van der Waals surface area contributed by atoms with Crippen molar-refractivity contribution in [2.24, 2.45) is 0 Å². The number of benzene rings is 1. The molecule has 1 aromatic carbocycles. The second-order valence-electron chi connectivity index (χ2n) is 2.91. The minimum absolute atomic E-state index is 0.132. The van der Waals surface area contributed by atoms with E-state index < -0.39 is 18.5 Å².